The third-order valence-corrected chi connectivity index (χ3v) is 2.56. The first kappa shape index (κ1) is 15.1. The van der Waals surface area contributed by atoms with Crippen molar-refractivity contribution in [1.82, 2.24) is 0 Å². The van der Waals surface area contributed by atoms with Crippen LogP contribution in [0, 0.1) is 11.5 Å². The van der Waals surface area contributed by atoms with Crippen molar-refractivity contribution in [2.45, 2.75) is 34.6 Å². The molecular formula is C10H15Cl3Nb-. The molecule has 0 saturated heterocycles. The fourth-order valence-electron chi connectivity index (χ4n) is 1.41. The van der Waals surface area contributed by atoms with Crippen molar-refractivity contribution in [2.75, 3.05) is 0 Å². The molecule has 0 heterocycles. The monoisotopic (exact) mass is 333 g/mol. The summed E-state index contributed by atoms with van der Waals surface area (Å²) in [4.78, 5) is 0. The van der Waals surface area contributed by atoms with Gasteiger partial charge in [0.05, 0.1) is 0 Å². The molecule has 0 atom stereocenters. The Balaban J connectivity index is 0.000000364. The third kappa shape index (κ3) is 4.74. The molecule has 0 spiro atoms. The molecule has 14 heavy (non-hydrogen) atoms. The Labute approximate surface area is 105 Å². The summed E-state index contributed by atoms with van der Waals surface area (Å²) in [5.74, 6) is 0. The Morgan fingerprint density at radius 2 is 1.43 bits per heavy atom. The number of hydrogen-bond donors (Lipinski definition) is 0. The number of allylic oxidation sites excluding steroid dienone is 4. The van der Waals surface area contributed by atoms with Crippen molar-refractivity contribution in [2.24, 2.45) is 5.41 Å². The average Bonchev–Trinajstić information content (AvgIpc) is 2.13. The Kier molecular flexibility index (Phi) is 6.45. The molecule has 1 aliphatic rings. The number of halogens is 3. The van der Waals surface area contributed by atoms with Crippen LogP contribution in [0.15, 0.2) is 16.7 Å². The van der Waals surface area contributed by atoms with E-state index in [9.17, 15) is 0 Å². The van der Waals surface area contributed by atoms with Gasteiger partial charge in [-0.3, -0.25) is 6.08 Å². The molecule has 82 valence electrons. The van der Waals surface area contributed by atoms with E-state index in [1.807, 2.05) is 0 Å². The molecule has 0 fully saturated rings. The van der Waals surface area contributed by atoms with Crippen molar-refractivity contribution in [3.8, 4) is 0 Å². The van der Waals surface area contributed by atoms with Gasteiger partial charge in [0.25, 0.3) is 0 Å². The molecule has 0 aromatic rings. The summed E-state index contributed by atoms with van der Waals surface area (Å²) in [6.07, 6.45) is 3.44. The number of hydrogen-bond acceptors (Lipinski definition) is 0. The van der Waals surface area contributed by atoms with Crippen LogP contribution in [-0.2, 0) is 15.2 Å². The molecule has 0 N–H and O–H groups in total. The van der Waals surface area contributed by atoms with E-state index in [0.717, 1.165) is 0 Å². The van der Waals surface area contributed by atoms with Crippen LogP contribution in [0.4, 0.5) is 0 Å². The second-order valence-corrected chi connectivity index (χ2v) is 13.8. The Hall–Kier alpha value is 1.09. The summed E-state index contributed by atoms with van der Waals surface area (Å²) < 4.78 is 0. The summed E-state index contributed by atoms with van der Waals surface area (Å²) in [6, 6.07) is 0. The molecule has 0 amide bonds. The summed E-state index contributed by atoms with van der Waals surface area (Å²) in [5, 5.41) is 0. The van der Waals surface area contributed by atoms with Crippen LogP contribution in [0.25, 0.3) is 0 Å². The normalized spacial score (nSPS) is 19.4. The average molecular weight is 334 g/mol. The quantitative estimate of drug-likeness (QED) is 0.423. The third-order valence-electron chi connectivity index (χ3n) is 2.56. The van der Waals surface area contributed by atoms with Crippen molar-refractivity contribution >= 4 is 27.6 Å². The van der Waals surface area contributed by atoms with Crippen LogP contribution in [0.5, 0.6) is 0 Å². The van der Waals surface area contributed by atoms with E-state index in [2.05, 4.69) is 40.7 Å². The molecule has 0 radical (unpaired) electrons. The van der Waals surface area contributed by atoms with Crippen LogP contribution in [0.1, 0.15) is 34.6 Å². The van der Waals surface area contributed by atoms with E-state index in [1.165, 1.54) is 16.7 Å². The summed E-state index contributed by atoms with van der Waals surface area (Å²) in [5.41, 5.74) is 4.39. The van der Waals surface area contributed by atoms with Crippen LogP contribution >= 0.6 is 27.6 Å². The molecule has 4 heteroatoms. The van der Waals surface area contributed by atoms with Gasteiger partial charge >= 0.3 is 42.8 Å². The Morgan fingerprint density at radius 3 is 1.50 bits per heavy atom. The van der Waals surface area contributed by atoms with Crippen LogP contribution in [0.3, 0.4) is 0 Å². The molecule has 0 bridgehead atoms. The van der Waals surface area contributed by atoms with Crippen LogP contribution in [0.2, 0.25) is 0 Å². The van der Waals surface area contributed by atoms with Gasteiger partial charge in [0.1, 0.15) is 0 Å². The Morgan fingerprint density at radius 1 is 1.07 bits per heavy atom. The van der Waals surface area contributed by atoms with E-state index in [4.69, 9.17) is 27.6 Å². The first-order valence-corrected chi connectivity index (χ1v) is 12.8. The van der Waals surface area contributed by atoms with Gasteiger partial charge in [-0.15, -0.1) is 6.92 Å². The second-order valence-electron chi connectivity index (χ2n) is 3.82. The zero-order chi connectivity index (χ0) is 11.5. The first-order valence-electron chi connectivity index (χ1n) is 4.26. The SMILES string of the molecule is CC1=[C-]C(C)(C)C(C)=C1C.[Cl][Nb]([Cl])[Cl]. The molecular weight excluding hydrogens is 319 g/mol. The molecule has 1 rings (SSSR count). The summed E-state index contributed by atoms with van der Waals surface area (Å²) in [6.45, 7) is 10.9. The molecule has 1 aliphatic carbocycles. The predicted octanol–water partition coefficient (Wildman–Crippen LogP) is 5.18. The van der Waals surface area contributed by atoms with Crippen molar-refractivity contribution in [3.63, 3.8) is 0 Å². The van der Waals surface area contributed by atoms with Gasteiger partial charge < -0.3 is 0 Å². The summed E-state index contributed by atoms with van der Waals surface area (Å²) in [7, 11) is 15.0. The topological polar surface area (TPSA) is 0 Å². The zero-order valence-corrected chi connectivity index (χ0v) is 13.5. The van der Waals surface area contributed by atoms with Crippen molar-refractivity contribution in [3.05, 3.63) is 22.8 Å². The first-order chi connectivity index (χ1) is 6.18. The van der Waals surface area contributed by atoms with Gasteiger partial charge in [0.2, 0.25) is 0 Å². The van der Waals surface area contributed by atoms with E-state index in [1.54, 1.807) is 0 Å². The van der Waals surface area contributed by atoms with Crippen LogP contribution in [-0.4, -0.2) is 0 Å². The Bertz CT molecular complexity index is 262. The van der Waals surface area contributed by atoms with Gasteiger partial charge in [-0.2, -0.15) is 11.1 Å². The van der Waals surface area contributed by atoms with Gasteiger partial charge in [-0.05, 0) is 0 Å². The van der Waals surface area contributed by atoms with Crippen molar-refractivity contribution in [1.29, 1.82) is 0 Å². The minimum atomic E-state index is -2.03. The van der Waals surface area contributed by atoms with Gasteiger partial charge in [0, 0.05) is 0 Å². The van der Waals surface area contributed by atoms with E-state index in [-0.39, 0.29) is 5.41 Å². The van der Waals surface area contributed by atoms with Gasteiger partial charge in [-0.1, -0.05) is 33.1 Å². The number of rotatable bonds is 0. The second kappa shape index (κ2) is 5.98. The fourth-order valence-corrected chi connectivity index (χ4v) is 1.41. The van der Waals surface area contributed by atoms with Gasteiger partial charge in [0.15, 0.2) is 0 Å². The maximum atomic E-state index is 4.99. The maximum absolute atomic E-state index is 4.99. The molecule has 0 aromatic heterocycles. The fraction of sp³-hybridized carbons (Fsp3) is 0.600. The van der Waals surface area contributed by atoms with E-state index in [0.29, 0.717) is 0 Å². The van der Waals surface area contributed by atoms with Gasteiger partial charge in [-0.25, -0.2) is 5.57 Å². The van der Waals surface area contributed by atoms with E-state index >= 15 is 0 Å². The molecule has 0 nitrogen and oxygen atoms in total. The molecule has 0 aliphatic heterocycles. The standard InChI is InChI=1S/C10H15.3ClH.Nb/c1-7-6-10(4,5)9(3)8(7)2;;;;/h1-5H3;3*1H;/q-1;;;;+3/p-3. The zero-order valence-electron chi connectivity index (χ0n) is 9.08. The van der Waals surface area contributed by atoms with E-state index < -0.39 is 15.2 Å². The summed E-state index contributed by atoms with van der Waals surface area (Å²) >= 11 is -2.03. The van der Waals surface area contributed by atoms with Crippen molar-refractivity contribution < 1.29 is 15.2 Å². The molecule has 0 unspecified atom stereocenters. The molecule has 0 saturated carbocycles. The predicted molar refractivity (Wildman–Crippen MR) is 62.1 cm³/mol. The molecule has 0 aromatic carbocycles. The van der Waals surface area contributed by atoms with Crippen LogP contribution < -0.4 is 0 Å². The minimum absolute atomic E-state index is 0.189.